The lowest BCUT2D eigenvalue weighted by molar-refractivity contribution is 0.103. The minimum atomic E-state index is -0.344. The molecule has 0 unspecified atom stereocenters. The molecule has 0 aliphatic carbocycles. The van der Waals surface area contributed by atoms with Crippen molar-refractivity contribution in [2.24, 2.45) is 0 Å². The van der Waals surface area contributed by atoms with Gasteiger partial charge in [-0.2, -0.15) is 0 Å². The Kier molecular flexibility index (Phi) is 4.57. The topological polar surface area (TPSA) is 58.6 Å². The molecule has 5 nitrogen and oxygen atoms in total. The van der Waals surface area contributed by atoms with E-state index in [2.05, 4.69) is 12.2 Å². The molecule has 0 spiro atoms. The fraction of sp³-hybridized carbons (Fsp3) is 0.333. The minimum absolute atomic E-state index is 0.118. The number of nitrogens with zero attached hydrogens (tertiary/aromatic N) is 1. The van der Waals surface area contributed by atoms with Gasteiger partial charge in [0, 0.05) is 10.6 Å². The van der Waals surface area contributed by atoms with Crippen molar-refractivity contribution in [1.82, 2.24) is 0 Å². The van der Waals surface area contributed by atoms with Crippen molar-refractivity contribution in [2.45, 2.75) is 27.2 Å². The van der Waals surface area contributed by atoms with E-state index in [0.29, 0.717) is 23.7 Å². The van der Waals surface area contributed by atoms with Crippen LogP contribution in [-0.4, -0.2) is 25.2 Å². The number of benzene rings is 1. The first-order chi connectivity index (χ1) is 11.5. The van der Waals surface area contributed by atoms with Crippen LogP contribution >= 0.6 is 11.3 Å². The predicted molar refractivity (Wildman–Crippen MR) is 96.3 cm³/mol. The molecule has 0 atom stereocenters. The van der Waals surface area contributed by atoms with Crippen molar-refractivity contribution >= 4 is 34.7 Å². The van der Waals surface area contributed by atoms with Crippen molar-refractivity contribution in [3.05, 3.63) is 45.1 Å². The smallest absolute Gasteiger partial charge is 0.414 e. The molecule has 1 saturated heterocycles. The number of rotatable bonds is 4. The van der Waals surface area contributed by atoms with Crippen LogP contribution in [0.25, 0.3) is 0 Å². The number of thiophene rings is 1. The van der Waals surface area contributed by atoms with E-state index in [1.807, 2.05) is 38.1 Å². The third-order valence-corrected chi connectivity index (χ3v) is 5.55. The first kappa shape index (κ1) is 16.5. The molecule has 0 bridgehead atoms. The number of carbonyl (C=O) groups excluding carboxylic acids is 2. The quantitative estimate of drug-likeness (QED) is 0.907. The van der Waals surface area contributed by atoms with Gasteiger partial charge in [-0.25, -0.2) is 4.79 Å². The Labute approximate surface area is 145 Å². The van der Waals surface area contributed by atoms with Gasteiger partial charge in [-0.1, -0.05) is 13.0 Å². The SMILES string of the molecule is CCc1sc(C(=O)Nc2cccc(N3CCOC3=O)c2C)cc1C. The van der Waals surface area contributed by atoms with Crippen LogP contribution in [-0.2, 0) is 11.2 Å². The van der Waals surface area contributed by atoms with Crippen LogP contribution in [0, 0.1) is 13.8 Å². The maximum atomic E-state index is 12.5. The highest BCUT2D eigenvalue weighted by molar-refractivity contribution is 7.14. The van der Waals surface area contributed by atoms with Gasteiger partial charge in [0.15, 0.2) is 0 Å². The summed E-state index contributed by atoms with van der Waals surface area (Å²) in [5, 5.41) is 2.96. The van der Waals surface area contributed by atoms with Gasteiger partial charge >= 0.3 is 6.09 Å². The Morgan fingerprint density at radius 1 is 1.38 bits per heavy atom. The van der Waals surface area contributed by atoms with Crippen LogP contribution in [0.4, 0.5) is 16.2 Å². The molecule has 126 valence electrons. The van der Waals surface area contributed by atoms with Crippen LogP contribution in [0.2, 0.25) is 0 Å². The average Bonchev–Trinajstić information content (AvgIpc) is 3.15. The molecule has 1 aliphatic heterocycles. The second kappa shape index (κ2) is 6.65. The number of aryl methyl sites for hydroxylation is 2. The summed E-state index contributed by atoms with van der Waals surface area (Å²) in [5.74, 6) is -0.118. The summed E-state index contributed by atoms with van der Waals surface area (Å²) in [6.07, 6.45) is 0.582. The van der Waals surface area contributed by atoms with E-state index < -0.39 is 0 Å². The van der Waals surface area contributed by atoms with Crippen LogP contribution in [0.1, 0.15) is 32.6 Å². The van der Waals surface area contributed by atoms with Gasteiger partial charge in [0.25, 0.3) is 5.91 Å². The van der Waals surface area contributed by atoms with Crippen molar-refractivity contribution in [3.63, 3.8) is 0 Å². The number of anilines is 2. The monoisotopic (exact) mass is 344 g/mol. The number of amides is 2. The number of ether oxygens (including phenoxy) is 1. The molecule has 2 aromatic rings. The molecule has 0 saturated carbocycles. The summed E-state index contributed by atoms with van der Waals surface area (Å²) in [6.45, 7) is 6.93. The Hall–Kier alpha value is -2.34. The Morgan fingerprint density at radius 2 is 2.17 bits per heavy atom. The number of hydrogen-bond acceptors (Lipinski definition) is 4. The van der Waals surface area contributed by atoms with E-state index in [9.17, 15) is 9.59 Å². The van der Waals surface area contributed by atoms with Crippen molar-refractivity contribution in [2.75, 3.05) is 23.4 Å². The summed E-state index contributed by atoms with van der Waals surface area (Å²) < 4.78 is 4.99. The second-order valence-electron chi connectivity index (χ2n) is 5.74. The van der Waals surface area contributed by atoms with E-state index in [1.165, 1.54) is 16.2 Å². The molecule has 0 radical (unpaired) electrons. The lowest BCUT2D eigenvalue weighted by Gasteiger charge is -2.18. The first-order valence-electron chi connectivity index (χ1n) is 7.95. The van der Waals surface area contributed by atoms with E-state index >= 15 is 0 Å². The minimum Gasteiger partial charge on any atom is -0.447 e. The van der Waals surface area contributed by atoms with E-state index in [-0.39, 0.29) is 12.0 Å². The maximum absolute atomic E-state index is 12.5. The Morgan fingerprint density at radius 3 is 2.79 bits per heavy atom. The lowest BCUT2D eigenvalue weighted by Crippen LogP contribution is -2.24. The zero-order valence-electron chi connectivity index (χ0n) is 14.0. The zero-order chi connectivity index (χ0) is 17.3. The van der Waals surface area contributed by atoms with Gasteiger partial charge in [0.1, 0.15) is 6.61 Å². The molecule has 6 heteroatoms. The molecule has 24 heavy (non-hydrogen) atoms. The molecular weight excluding hydrogens is 324 g/mol. The van der Waals surface area contributed by atoms with Gasteiger partial charge in [-0.3, -0.25) is 9.69 Å². The average molecular weight is 344 g/mol. The standard InChI is InChI=1S/C18H20N2O3S/c1-4-15-11(2)10-16(24-15)17(21)19-13-6-5-7-14(12(13)3)20-8-9-23-18(20)22/h5-7,10H,4,8-9H2,1-3H3,(H,19,21). The van der Waals surface area contributed by atoms with Gasteiger partial charge in [0.05, 0.1) is 17.1 Å². The predicted octanol–water partition coefficient (Wildman–Crippen LogP) is 4.14. The molecule has 1 N–H and O–H groups in total. The molecule has 2 amide bonds. The Balaban J connectivity index is 1.84. The summed E-state index contributed by atoms with van der Waals surface area (Å²) in [5.41, 5.74) is 3.49. The van der Waals surface area contributed by atoms with Crippen molar-refractivity contribution in [1.29, 1.82) is 0 Å². The molecule has 1 aromatic carbocycles. The lowest BCUT2D eigenvalue weighted by atomic mass is 10.1. The van der Waals surface area contributed by atoms with Gasteiger partial charge in [-0.15, -0.1) is 11.3 Å². The molecule has 1 aromatic heterocycles. The highest BCUT2D eigenvalue weighted by Gasteiger charge is 2.25. The fourth-order valence-corrected chi connectivity index (χ4v) is 3.84. The number of hydrogen-bond donors (Lipinski definition) is 1. The number of nitrogens with one attached hydrogen (secondary N) is 1. The number of cyclic esters (lactones) is 1. The van der Waals surface area contributed by atoms with Gasteiger partial charge in [0.2, 0.25) is 0 Å². The van der Waals surface area contributed by atoms with Crippen molar-refractivity contribution in [3.8, 4) is 0 Å². The van der Waals surface area contributed by atoms with Crippen LogP contribution < -0.4 is 10.2 Å². The second-order valence-corrected chi connectivity index (χ2v) is 6.88. The summed E-state index contributed by atoms with van der Waals surface area (Å²) in [7, 11) is 0. The molecular formula is C18H20N2O3S. The van der Waals surface area contributed by atoms with E-state index in [1.54, 1.807) is 4.90 Å². The summed E-state index contributed by atoms with van der Waals surface area (Å²) >= 11 is 1.53. The normalized spacial score (nSPS) is 14.0. The Bertz CT molecular complexity index is 798. The zero-order valence-corrected chi connectivity index (χ0v) is 14.8. The van der Waals surface area contributed by atoms with Crippen LogP contribution in [0.15, 0.2) is 24.3 Å². The van der Waals surface area contributed by atoms with E-state index in [0.717, 1.165) is 23.2 Å². The largest absolute Gasteiger partial charge is 0.447 e. The third kappa shape index (κ3) is 3.01. The summed E-state index contributed by atoms with van der Waals surface area (Å²) in [4.78, 5) is 27.8. The van der Waals surface area contributed by atoms with Crippen molar-refractivity contribution < 1.29 is 14.3 Å². The summed E-state index contributed by atoms with van der Waals surface area (Å²) in [6, 6.07) is 7.47. The van der Waals surface area contributed by atoms with Gasteiger partial charge in [-0.05, 0) is 49.6 Å². The molecule has 1 fully saturated rings. The third-order valence-electron chi connectivity index (χ3n) is 4.17. The molecule has 3 rings (SSSR count). The number of carbonyl (C=O) groups is 2. The highest BCUT2D eigenvalue weighted by Crippen LogP contribution is 2.30. The molecule has 1 aliphatic rings. The van der Waals surface area contributed by atoms with Crippen LogP contribution in [0.3, 0.4) is 0 Å². The van der Waals surface area contributed by atoms with Crippen LogP contribution in [0.5, 0.6) is 0 Å². The van der Waals surface area contributed by atoms with E-state index in [4.69, 9.17) is 4.74 Å². The molecule has 2 heterocycles. The fourth-order valence-electron chi connectivity index (χ4n) is 2.83. The highest BCUT2D eigenvalue weighted by atomic mass is 32.1. The maximum Gasteiger partial charge on any atom is 0.414 e. The van der Waals surface area contributed by atoms with Gasteiger partial charge < -0.3 is 10.1 Å². The first-order valence-corrected chi connectivity index (χ1v) is 8.77.